The molecule has 1 rings (SSSR count). The molecule has 0 radical (unpaired) electrons. The minimum atomic E-state index is -0.0177. The van der Waals surface area contributed by atoms with E-state index in [2.05, 4.69) is 4.99 Å². The summed E-state index contributed by atoms with van der Waals surface area (Å²) in [6.07, 6.45) is 0. The molecule has 0 bridgehead atoms. The Morgan fingerprint density at radius 1 is 1.83 bits per heavy atom. The Labute approximate surface area is 74.7 Å². The lowest BCUT2D eigenvalue weighted by Gasteiger charge is -2.04. The highest BCUT2D eigenvalue weighted by Crippen LogP contribution is 2.18. The van der Waals surface area contributed by atoms with Crippen molar-refractivity contribution in [1.29, 1.82) is 0 Å². The lowest BCUT2D eigenvalue weighted by molar-refractivity contribution is 0.232. The largest absolute Gasteiger partial charge is 0.368 e. The highest BCUT2D eigenvalue weighted by atomic mass is 32.1. The van der Waals surface area contributed by atoms with Gasteiger partial charge in [-0.05, 0) is 29.3 Å². The molecule has 1 heterocycles. The number of hydroxylamine groups is 1. The Balaban J connectivity index is 2.66. The van der Waals surface area contributed by atoms with Gasteiger partial charge in [0.25, 0.3) is 0 Å². The van der Waals surface area contributed by atoms with Gasteiger partial charge in [0.1, 0.15) is 0 Å². The predicted molar refractivity (Wildman–Crippen MR) is 49.3 cm³/mol. The molecular weight excluding hydrogens is 174 g/mol. The summed E-state index contributed by atoms with van der Waals surface area (Å²) in [5, 5.41) is 12.4. The van der Waals surface area contributed by atoms with E-state index in [4.69, 9.17) is 10.9 Å². The van der Waals surface area contributed by atoms with Crippen molar-refractivity contribution in [3.8, 4) is 0 Å². The van der Waals surface area contributed by atoms with Crippen LogP contribution in [0.2, 0.25) is 0 Å². The molecule has 66 valence electrons. The zero-order valence-corrected chi connectivity index (χ0v) is 7.51. The van der Waals surface area contributed by atoms with Crippen molar-refractivity contribution in [1.82, 2.24) is 5.48 Å². The molecule has 0 aliphatic rings. The number of guanidine groups is 1. The van der Waals surface area contributed by atoms with E-state index in [0.29, 0.717) is 0 Å². The van der Waals surface area contributed by atoms with E-state index in [1.807, 2.05) is 23.8 Å². The van der Waals surface area contributed by atoms with Gasteiger partial charge in [0.15, 0.2) is 0 Å². The average molecular weight is 185 g/mol. The van der Waals surface area contributed by atoms with Crippen LogP contribution in [0.4, 0.5) is 0 Å². The topological polar surface area (TPSA) is 70.6 Å². The Morgan fingerprint density at radius 2 is 2.58 bits per heavy atom. The molecule has 5 heteroatoms. The molecule has 0 aromatic carbocycles. The summed E-state index contributed by atoms with van der Waals surface area (Å²) in [6.45, 7) is 1.91. The van der Waals surface area contributed by atoms with E-state index >= 15 is 0 Å². The number of hydrogen-bond donors (Lipinski definition) is 3. The number of hydrogen-bond acceptors (Lipinski definition) is 3. The lowest BCUT2D eigenvalue weighted by atomic mass is 10.2. The minimum Gasteiger partial charge on any atom is -0.368 e. The molecule has 1 aromatic heterocycles. The molecule has 0 aliphatic heterocycles. The molecule has 0 saturated carbocycles. The van der Waals surface area contributed by atoms with E-state index in [-0.39, 0.29) is 12.0 Å². The third-order valence-corrected chi connectivity index (χ3v) is 2.17. The maximum atomic E-state index is 8.38. The van der Waals surface area contributed by atoms with E-state index in [0.717, 1.165) is 5.56 Å². The van der Waals surface area contributed by atoms with Crippen molar-refractivity contribution in [3.63, 3.8) is 0 Å². The number of nitrogens with zero attached hydrogens (tertiary/aromatic N) is 1. The molecule has 0 aliphatic carbocycles. The summed E-state index contributed by atoms with van der Waals surface area (Å²) < 4.78 is 0. The first kappa shape index (κ1) is 9.02. The molecule has 1 atom stereocenters. The average Bonchev–Trinajstić information content (AvgIpc) is 2.56. The molecule has 4 nitrogen and oxygen atoms in total. The van der Waals surface area contributed by atoms with Crippen LogP contribution in [-0.4, -0.2) is 11.2 Å². The fraction of sp³-hybridized carbons (Fsp3) is 0.286. The van der Waals surface area contributed by atoms with Gasteiger partial charge in [0.2, 0.25) is 5.96 Å². The Morgan fingerprint density at radius 3 is 3.08 bits per heavy atom. The van der Waals surface area contributed by atoms with Crippen molar-refractivity contribution in [2.24, 2.45) is 10.7 Å². The van der Waals surface area contributed by atoms with Crippen molar-refractivity contribution < 1.29 is 5.21 Å². The van der Waals surface area contributed by atoms with Crippen LogP contribution in [0.5, 0.6) is 0 Å². The standard InChI is InChI=1S/C7H11N3OS/c1-5(9-7(8)10-11)6-2-3-12-4-6/h2-5,11H,1H3,(H3,8,9,10). The third kappa shape index (κ3) is 2.21. The summed E-state index contributed by atoms with van der Waals surface area (Å²) in [5.41, 5.74) is 8.16. The highest BCUT2D eigenvalue weighted by Gasteiger charge is 2.03. The Bertz CT molecular complexity index is 258. The van der Waals surface area contributed by atoms with Gasteiger partial charge in [0.05, 0.1) is 6.04 Å². The third-order valence-electron chi connectivity index (χ3n) is 1.47. The monoisotopic (exact) mass is 185 g/mol. The number of rotatable bonds is 2. The Kier molecular flexibility index (Phi) is 3.07. The van der Waals surface area contributed by atoms with Crippen LogP contribution in [0.3, 0.4) is 0 Å². The maximum absolute atomic E-state index is 8.38. The van der Waals surface area contributed by atoms with Gasteiger partial charge in [-0.2, -0.15) is 11.3 Å². The molecule has 0 fully saturated rings. The van der Waals surface area contributed by atoms with Crippen LogP contribution in [0.1, 0.15) is 18.5 Å². The van der Waals surface area contributed by atoms with Gasteiger partial charge in [-0.25, -0.2) is 10.5 Å². The number of nitrogens with two attached hydrogens (primary N) is 1. The summed E-state index contributed by atoms with van der Waals surface area (Å²) in [5.74, 6) is 0.0358. The van der Waals surface area contributed by atoms with Crippen LogP contribution in [-0.2, 0) is 0 Å². The van der Waals surface area contributed by atoms with Crippen molar-refractivity contribution in [2.75, 3.05) is 0 Å². The van der Waals surface area contributed by atoms with Crippen molar-refractivity contribution >= 4 is 17.3 Å². The fourth-order valence-corrected chi connectivity index (χ4v) is 1.57. The van der Waals surface area contributed by atoms with Gasteiger partial charge in [-0.1, -0.05) is 0 Å². The summed E-state index contributed by atoms with van der Waals surface area (Å²) >= 11 is 1.61. The van der Waals surface area contributed by atoms with E-state index < -0.39 is 0 Å². The van der Waals surface area contributed by atoms with E-state index in [1.165, 1.54) is 0 Å². The first-order chi connectivity index (χ1) is 5.74. The molecule has 0 spiro atoms. The van der Waals surface area contributed by atoms with Gasteiger partial charge in [-0.15, -0.1) is 0 Å². The first-order valence-electron chi connectivity index (χ1n) is 3.49. The SMILES string of the molecule is CC(N=C(N)NO)c1ccsc1. The molecule has 12 heavy (non-hydrogen) atoms. The number of aliphatic imine (C=N–C) groups is 1. The van der Waals surface area contributed by atoms with Crippen molar-refractivity contribution in [3.05, 3.63) is 22.4 Å². The molecule has 0 amide bonds. The van der Waals surface area contributed by atoms with Crippen molar-refractivity contribution in [2.45, 2.75) is 13.0 Å². The zero-order chi connectivity index (χ0) is 8.97. The number of nitrogens with one attached hydrogen (secondary N) is 1. The lowest BCUT2D eigenvalue weighted by Crippen LogP contribution is -2.28. The van der Waals surface area contributed by atoms with Gasteiger partial charge >= 0.3 is 0 Å². The number of thiophene rings is 1. The van der Waals surface area contributed by atoms with Crippen LogP contribution >= 0.6 is 11.3 Å². The Hall–Kier alpha value is -1.07. The van der Waals surface area contributed by atoms with Gasteiger partial charge in [0, 0.05) is 0 Å². The second-order valence-corrected chi connectivity index (χ2v) is 3.14. The smallest absolute Gasteiger partial charge is 0.213 e. The molecular formula is C7H11N3OS. The van der Waals surface area contributed by atoms with Crippen LogP contribution in [0, 0.1) is 0 Å². The molecule has 4 N–H and O–H groups in total. The van der Waals surface area contributed by atoms with E-state index in [1.54, 1.807) is 16.8 Å². The molecule has 1 unspecified atom stereocenters. The van der Waals surface area contributed by atoms with Gasteiger partial charge in [-0.3, -0.25) is 5.21 Å². The summed E-state index contributed by atoms with van der Waals surface area (Å²) in [6, 6.07) is 1.96. The quantitative estimate of drug-likeness (QED) is 0.367. The first-order valence-corrected chi connectivity index (χ1v) is 4.44. The zero-order valence-electron chi connectivity index (χ0n) is 6.69. The highest BCUT2D eigenvalue weighted by molar-refractivity contribution is 7.07. The minimum absolute atomic E-state index is 0.0177. The second-order valence-electron chi connectivity index (χ2n) is 2.36. The maximum Gasteiger partial charge on any atom is 0.213 e. The normalized spacial score (nSPS) is 14.3. The van der Waals surface area contributed by atoms with Crippen LogP contribution < -0.4 is 11.2 Å². The molecule has 1 aromatic rings. The summed E-state index contributed by atoms with van der Waals surface area (Å²) in [4.78, 5) is 3.98. The van der Waals surface area contributed by atoms with Gasteiger partial charge < -0.3 is 5.73 Å². The summed E-state index contributed by atoms with van der Waals surface area (Å²) in [7, 11) is 0. The van der Waals surface area contributed by atoms with Crippen LogP contribution in [0.25, 0.3) is 0 Å². The fourth-order valence-electron chi connectivity index (χ4n) is 0.825. The predicted octanol–water partition coefficient (Wildman–Crippen LogP) is 1.10. The second kappa shape index (κ2) is 4.08. The van der Waals surface area contributed by atoms with Crippen LogP contribution in [0.15, 0.2) is 21.8 Å². The molecule has 0 saturated heterocycles. The van der Waals surface area contributed by atoms with E-state index in [9.17, 15) is 0 Å².